The van der Waals surface area contributed by atoms with E-state index >= 15 is 0 Å². The van der Waals surface area contributed by atoms with Gasteiger partial charge in [-0.2, -0.15) is 13.2 Å². The number of hydrogen-bond donors (Lipinski definition) is 2. The molecule has 1 aromatic carbocycles. The molecule has 1 aliphatic rings. The number of carbonyl (C=O) groups is 1. The van der Waals surface area contributed by atoms with E-state index in [4.69, 9.17) is 0 Å². The number of imidazole rings is 1. The predicted molar refractivity (Wildman–Crippen MR) is 141 cm³/mol. The van der Waals surface area contributed by atoms with Crippen LogP contribution in [0.4, 0.5) is 24.8 Å². The lowest BCUT2D eigenvalue weighted by Gasteiger charge is -2.24. The lowest BCUT2D eigenvalue weighted by atomic mass is 9.98. The van der Waals surface area contributed by atoms with Gasteiger partial charge < -0.3 is 15.2 Å². The van der Waals surface area contributed by atoms with E-state index in [1.54, 1.807) is 60.5 Å². The molecule has 5 rings (SSSR count). The molecule has 3 heterocycles. The summed E-state index contributed by atoms with van der Waals surface area (Å²) in [5, 5.41) is 5.87. The summed E-state index contributed by atoms with van der Waals surface area (Å²) in [6.07, 6.45) is 5.82. The van der Waals surface area contributed by atoms with Crippen LogP contribution in [0.25, 0.3) is 17.0 Å². The van der Waals surface area contributed by atoms with E-state index in [1.807, 2.05) is 19.1 Å². The van der Waals surface area contributed by atoms with E-state index in [9.17, 15) is 18.0 Å². The molecule has 0 radical (unpaired) electrons. The zero-order valence-electron chi connectivity index (χ0n) is 21.1. The van der Waals surface area contributed by atoms with Crippen LogP contribution in [0.15, 0.2) is 85.2 Å². The number of carbonyl (C=O) groups excluding carboxylic acids is 1. The molecule has 0 saturated carbocycles. The number of halogens is 3. The molecule has 2 N–H and O–H groups in total. The summed E-state index contributed by atoms with van der Waals surface area (Å²) in [5.74, 6) is -0.179. The van der Waals surface area contributed by atoms with E-state index in [1.165, 1.54) is 6.33 Å². The van der Waals surface area contributed by atoms with Crippen molar-refractivity contribution in [2.75, 3.05) is 5.32 Å². The second-order valence-corrected chi connectivity index (χ2v) is 9.12. The first-order valence-electron chi connectivity index (χ1n) is 12.1. The lowest BCUT2D eigenvalue weighted by molar-refractivity contribution is -0.0887. The van der Waals surface area contributed by atoms with Crippen molar-refractivity contribution >= 4 is 23.2 Å². The van der Waals surface area contributed by atoms with Crippen LogP contribution in [-0.4, -0.2) is 42.6 Å². The summed E-state index contributed by atoms with van der Waals surface area (Å²) in [6, 6.07) is 9.58. The molecule has 1 atom stereocenters. The standard InChI is InChI=1S/C28H24F3N7O/c1-17-5-6-19(10-25(17)37-27-33-9-7-24(36-27)20-4-3-8-32-14-20)26(39)35-22-11-21(28(29,30)31)12-23(13-22)38-15-18(2)34-16-38/h3-12,14-16,22H,13H2,1-2H3,(H,35,39)(H,33,36,37). The summed E-state index contributed by atoms with van der Waals surface area (Å²) in [5.41, 5.74) is 3.44. The smallest absolute Gasteiger partial charge is 0.345 e. The van der Waals surface area contributed by atoms with Crippen molar-refractivity contribution in [2.24, 2.45) is 0 Å². The maximum absolute atomic E-state index is 13.6. The van der Waals surface area contributed by atoms with Gasteiger partial charge in [0.15, 0.2) is 0 Å². The van der Waals surface area contributed by atoms with Crippen LogP contribution in [-0.2, 0) is 0 Å². The third kappa shape index (κ3) is 6.03. The second-order valence-electron chi connectivity index (χ2n) is 9.12. The fraction of sp³-hybridized carbons (Fsp3) is 0.179. The zero-order chi connectivity index (χ0) is 27.6. The van der Waals surface area contributed by atoms with E-state index in [2.05, 4.69) is 30.6 Å². The van der Waals surface area contributed by atoms with E-state index in [0.717, 1.165) is 23.3 Å². The molecule has 39 heavy (non-hydrogen) atoms. The van der Waals surface area contributed by atoms with Crippen LogP contribution in [0.2, 0.25) is 0 Å². The number of aromatic nitrogens is 5. The Hall–Kier alpha value is -4.80. The Labute approximate surface area is 222 Å². The Balaban J connectivity index is 1.35. The minimum Gasteiger partial charge on any atom is -0.345 e. The summed E-state index contributed by atoms with van der Waals surface area (Å²) in [7, 11) is 0. The molecule has 1 amide bonds. The molecule has 8 nitrogen and oxygen atoms in total. The zero-order valence-corrected chi connectivity index (χ0v) is 21.1. The van der Waals surface area contributed by atoms with Gasteiger partial charge in [-0.1, -0.05) is 6.07 Å². The number of pyridine rings is 1. The summed E-state index contributed by atoms with van der Waals surface area (Å²) in [6.45, 7) is 3.61. The lowest BCUT2D eigenvalue weighted by Crippen LogP contribution is -2.36. The summed E-state index contributed by atoms with van der Waals surface area (Å²) in [4.78, 5) is 30.2. The van der Waals surface area contributed by atoms with Gasteiger partial charge in [-0.05, 0) is 61.9 Å². The van der Waals surface area contributed by atoms with Gasteiger partial charge in [-0.15, -0.1) is 0 Å². The van der Waals surface area contributed by atoms with E-state index in [-0.39, 0.29) is 12.0 Å². The first-order chi connectivity index (χ1) is 18.7. The van der Waals surface area contributed by atoms with Gasteiger partial charge in [-0.25, -0.2) is 15.0 Å². The Morgan fingerprint density at radius 1 is 1.10 bits per heavy atom. The Morgan fingerprint density at radius 3 is 2.67 bits per heavy atom. The first-order valence-corrected chi connectivity index (χ1v) is 12.1. The van der Waals surface area contributed by atoms with Crippen molar-refractivity contribution in [1.82, 2.24) is 29.8 Å². The highest BCUT2D eigenvalue weighted by Gasteiger charge is 2.35. The third-order valence-electron chi connectivity index (χ3n) is 6.18. The molecule has 1 unspecified atom stereocenters. The first kappa shape index (κ1) is 25.8. The number of nitrogens with zero attached hydrogens (tertiary/aromatic N) is 5. The number of allylic oxidation sites excluding steroid dienone is 2. The molecule has 1 aliphatic carbocycles. The molecule has 0 saturated heterocycles. The van der Waals surface area contributed by atoms with Crippen LogP contribution in [0, 0.1) is 13.8 Å². The minimum atomic E-state index is -4.56. The number of aryl methyl sites for hydroxylation is 2. The molecule has 0 bridgehead atoms. The fourth-order valence-electron chi connectivity index (χ4n) is 4.18. The topological polar surface area (TPSA) is 97.6 Å². The largest absolute Gasteiger partial charge is 0.416 e. The van der Waals surface area contributed by atoms with Crippen LogP contribution in [0.1, 0.15) is 28.0 Å². The van der Waals surface area contributed by atoms with Gasteiger partial charge >= 0.3 is 6.18 Å². The van der Waals surface area contributed by atoms with Crippen molar-refractivity contribution in [3.05, 3.63) is 102 Å². The van der Waals surface area contributed by atoms with E-state index in [0.29, 0.717) is 28.7 Å². The minimum absolute atomic E-state index is 0.174. The van der Waals surface area contributed by atoms with Crippen LogP contribution in [0.3, 0.4) is 0 Å². The Kier molecular flexibility index (Phi) is 6.97. The third-order valence-corrected chi connectivity index (χ3v) is 6.18. The number of benzene rings is 1. The number of anilines is 2. The SMILES string of the molecule is Cc1cn(C2=CC(C(F)(F)F)=CC(NC(=O)c3ccc(C)c(Nc4nccc(-c5cccnc5)n4)c3)C2)cn1. The average molecular weight is 532 g/mol. The van der Waals surface area contributed by atoms with Crippen molar-refractivity contribution < 1.29 is 18.0 Å². The van der Waals surface area contributed by atoms with Gasteiger partial charge in [0.2, 0.25) is 5.95 Å². The number of rotatable bonds is 6. The van der Waals surface area contributed by atoms with Crippen molar-refractivity contribution in [2.45, 2.75) is 32.5 Å². The van der Waals surface area contributed by atoms with Crippen LogP contribution >= 0.6 is 0 Å². The fourth-order valence-corrected chi connectivity index (χ4v) is 4.18. The number of hydrogen-bond acceptors (Lipinski definition) is 6. The highest BCUT2D eigenvalue weighted by Crippen LogP contribution is 2.33. The molecule has 11 heteroatoms. The molecule has 0 spiro atoms. The van der Waals surface area contributed by atoms with Gasteiger partial charge in [0.1, 0.15) is 0 Å². The van der Waals surface area contributed by atoms with Crippen molar-refractivity contribution in [1.29, 1.82) is 0 Å². The monoisotopic (exact) mass is 531 g/mol. The van der Waals surface area contributed by atoms with E-state index < -0.39 is 23.7 Å². The van der Waals surface area contributed by atoms with Crippen molar-refractivity contribution in [3.8, 4) is 11.3 Å². The maximum Gasteiger partial charge on any atom is 0.416 e. The second kappa shape index (κ2) is 10.5. The summed E-state index contributed by atoms with van der Waals surface area (Å²) < 4.78 is 42.5. The molecule has 4 aromatic rings. The predicted octanol–water partition coefficient (Wildman–Crippen LogP) is 5.63. The highest BCUT2D eigenvalue weighted by atomic mass is 19.4. The van der Waals surface area contributed by atoms with Crippen LogP contribution in [0.5, 0.6) is 0 Å². The van der Waals surface area contributed by atoms with Gasteiger partial charge in [-0.3, -0.25) is 9.78 Å². The molecular formula is C28H24F3N7O. The molecule has 0 fully saturated rings. The molecular weight excluding hydrogens is 507 g/mol. The normalized spacial score (nSPS) is 15.4. The Bertz CT molecular complexity index is 1580. The molecule has 198 valence electrons. The maximum atomic E-state index is 13.6. The highest BCUT2D eigenvalue weighted by molar-refractivity contribution is 5.96. The van der Waals surface area contributed by atoms with Crippen molar-refractivity contribution in [3.63, 3.8) is 0 Å². The van der Waals surface area contributed by atoms with Gasteiger partial charge in [0, 0.05) is 53.7 Å². The number of amides is 1. The summed E-state index contributed by atoms with van der Waals surface area (Å²) >= 11 is 0. The number of nitrogens with one attached hydrogen (secondary N) is 2. The quantitative estimate of drug-likeness (QED) is 0.335. The average Bonchev–Trinajstić information content (AvgIpc) is 3.36. The Morgan fingerprint density at radius 2 is 1.95 bits per heavy atom. The molecule has 3 aromatic heterocycles. The number of alkyl halides is 3. The van der Waals surface area contributed by atoms with Gasteiger partial charge in [0.25, 0.3) is 5.91 Å². The van der Waals surface area contributed by atoms with Gasteiger partial charge in [0.05, 0.1) is 29.3 Å². The molecule has 0 aliphatic heterocycles. The van der Waals surface area contributed by atoms with Crippen LogP contribution < -0.4 is 10.6 Å².